The first-order valence-corrected chi connectivity index (χ1v) is 14.0. The standard InChI is InChI=1S/C15H37NO2Si2/c1-10-15(3,20(8,9)17-5)18-19(6,7)14-12-13-16(4)11-2/h10-14H2,1-9H3. The van der Waals surface area contributed by atoms with Crippen molar-refractivity contribution in [2.45, 2.75) is 71.1 Å². The zero-order valence-corrected chi connectivity index (χ0v) is 17.3. The fraction of sp³-hybridized carbons (Fsp3) is 1.00. The van der Waals surface area contributed by atoms with Gasteiger partial charge in [-0.3, -0.25) is 0 Å². The van der Waals surface area contributed by atoms with Crippen LogP contribution in [-0.2, 0) is 8.85 Å². The van der Waals surface area contributed by atoms with E-state index in [0.29, 0.717) is 0 Å². The summed E-state index contributed by atoms with van der Waals surface area (Å²) >= 11 is 0. The maximum atomic E-state index is 6.70. The summed E-state index contributed by atoms with van der Waals surface area (Å²) in [6, 6.07) is 1.22. The second-order valence-electron chi connectivity index (χ2n) is 7.16. The average Bonchev–Trinajstić information content (AvgIpc) is 2.37. The lowest BCUT2D eigenvalue weighted by Crippen LogP contribution is -2.59. The van der Waals surface area contributed by atoms with E-state index < -0.39 is 16.6 Å². The molecule has 0 aromatic heterocycles. The minimum absolute atomic E-state index is 0.0753. The van der Waals surface area contributed by atoms with Crippen molar-refractivity contribution in [3.8, 4) is 0 Å². The highest BCUT2D eigenvalue weighted by Crippen LogP contribution is 2.33. The third kappa shape index (κ3) is 5.97. The second kappa shape index (κ2) is 8.08. The van der Waals surface area contributed by atoms with Crippen LogP contribution in [0.5, 0.6) is 0 Å². The van der Waals surface area contributed by atoms with Gasteiger partial charge in [-0.25, -0.2) is 0 Å². The molecule has 1 unspecified atom stereocenters. The molecule has 0 fully saturated rings. The predicted octanol–water partition coefficient (Wildman–Crippen LogP) is 4.11. The molecule has 0 aliphatic carbocycles. The molecular formula is C15H37NO2Si2. The summed E-state index contributed by atoms with van der Waals surface area (Å²) in [5.74, 6) is 0. The lowest BCUT2D eigenvalue weighted by atomic mass is 10.3. The molecule has 0 radical (unpaired) electrons. The van der Waals surface area contributed by atoms with Gasteiger partial charge in [0.25, 0.3) is 0 Å². The monoisotopic (exact) mass is 319 g/mol. The van der Waals surface area contributed by atoms with E-state index in [-0.39, 0.29) is 5.22 Å². The summed E-state index contributed by atoms with van der Waals surface area (Å²) in [6.45, 7) is 18.2. The molecule has 0 aromatic carbocycles. The Morgan fingerprint density at radius 1 is 1.10 bits per heavy atom. The normalized spacial score (nSPS) is 16.5. The average molecular weight is 320 g/mol. The lowest BCUT2D eigenvalue weighted by molar-refractivity contribution is 0.122. The van der Waals surface area contributed by atoms with Crippen LogP contribution in [-0.4, -0.2) is 54.0 Å². The number of hydrogen-bond donors (Lipinski definition) is 0. The Balaban J connectivity index is 4.62. The van der Waals surface area contributed by atoms with Crippen LogP contribution in [0.2, 0.25) is 32.2 Å². The van der Waals surface area contributed by atoms with Crippen molar-refractivity contribution >= 4 is 16.6 Å². The summed E-state index contributed by atoms with van der Waals surface area (Å²) in [6.07, 6.45) is 2.27. The van der Waals surface area contributed by atoms with Gasteiger partial charge in [-0.05, 0) is 72.1 Å². The van der Waals surface area contributed by atoms with Crippen LogP contribution < -0.4 is 0 Å². The minimum atomic E-state index is -1.81. The highest BCUT2D eigenvalue weighted by atomic mass is 28.4. The molecule has 20 heavy (non-hydrogen) atoms. The maximum Gasteiger partial charge on any atom is 0.215 e. The van der Waals surface area contributed by atoms with Gasteiger partial charge in [0.15, 0.2) is 8.32 Å². The van der Waals surface area contributed by atoms with Crippen LogP contribution in [0.3, 0.4) is 0 Å². The van der Waals surface area contributed by atoms with Crippen LogP contribution in [0.15, 0.2) is 0 Å². The topological polar surface area (TPSA) is 21.7 Å². The highest BCUT2D eigenvalue weighted by Gasteiger charge is 2.47. The highest BCUT2D eigenvalue weighted by molar-refractivity contribution is 6.77. The Bertz CT molecular complexity index is 285. The van der Waals surface area contributed by atoms with Crippen molar-refractivity contribution in [2.75, 3.05) is 27.2 Å². The fourth-order valence-corrected chi connectivity index (χ4v) is 8.00. The first-order chi connectivity index (χ1) is 9.03. The summed E-state index contributed by atoms with van der Waals surface area (Å²) in [5.41, 5.74) is 0. The van der Waals surface area contributed by atoms with E-state index >= 15 is 0 Å². The van der Waals surface area contributed by atoms with E-state index in [4.69, 9.17) is 8.85 Å². The summed E-state index contributed by atoms with van der Waals surface area (Å²) in [7, 11) is 0.585. The third-order valence-corrected chi connectivity index (χ3v) is 11.6. The van der Waals surface area contributed by atoms with Gasteiger partial charge >= 0.3 is 0 Å². The zero-order chi connectivity index (χ0) is 16.0. The quantitative estimate of drug-likeness (QED) is 0.566. The van der Waals surface area contributed by atoms with E-state index in [1.807, 2.05) is 7.11 Å². The van der Waals surface area contributed by atoms with Gasteiger partial charge in [0.2, 0.25) is 8.32 Å². The van der Waals surface area contributed by atoms with Gasteiger partial charge in [-0.2, -0.15) is 0 Å². The van der Waals surface area contributed by atoms with Gasteiger partial charge in [-0.1, -0.05) is 13.8 Å². The molecule has 0 heterocycles. The zero-order valence-electron chi connectivity index (χ0n) is 15.3. The maximum absolute atomic E-state index is 6.70. The van der Waals surface area contributed by atoms with Gasteiger partial charge in [0, 0.05) is 7.11 Å². The molecule has 0 rings (SSSR count). The largest absolute Gasteiger partial charge is 0.418 e. The van der Waals surface area contributed by atoms with Crippen molar-refractivity contribution < 1.29 is 8.85 Å². The number of nitrogens with zero attached hydrogens (tertiary/aromatic N) is 1. The molecule has 0 aromatic rings. The van der Waals surface area contributed by atoms with E-state index in [1.54, 1.807) is 0 Å². The molecule has 0 aliphatic heterocycles. The van der Waals surface area contributed by atoms with Crippen molar-refractivity contribution in [2.24, 2.45) is 0 Å². The number of rotatable bonds is 10. The Morgan fingerprint density at radius 3 is 2.05 bits per heavy atom. The Hall–Kier alpha value is 0.314. The molecule has 3 nitrogen and oxygen atoms in total. The molecule has 0 bridgehead atoms. The second-order valence-corrected chi connectivity index (χ2v) is 15.9. The van der Waals surface area contributed by atoms with Crippen molar-refractivity contribution in [3.05, 3.63) is 0 Å². The fourth-order valence-electron chi connectivity index (χ4n) is 2.43. The number of hydrogen-bond acceptors (Lipinski definition) is 3. The van der Waals surface area contributed by atoms with Crippen LogP contribution in [0.25, 0.3) is 0 Å². The molecule has 0 saturated heterocycles. The van der Waals surface area contributed by atoms with Gasteiger partial charge in [-0.15, -0.1) is 0 Å². The van der Waals surface area contributed by atoms with Gasteiger partial charge in [0.1, 0.15) is 0 Å². The van der Waals surface area contributed by atoms with Crippen LogP contribution in [0, 0.1) is 0 Å². The summed E-state index contributed by atoms with van der Waals surface area (Å²) in [4.78, 5) is 2.37. The minimum Gasteiger partial charge on any atom is -0.418 e. The van der Waals surface area contributed by atoms with Crippen molar-refractivity contribution in [1.82, 2.24) is 4.90 Å². The van der Waals surface area contributed by atoms with E-state index in [1.165, 1.54) is 19.0 Å². The Morgan fingerprint density at radius 2 is 1.65 bits per heavy atom. The van der Waals surface area contributed by atoms with Crippen LogP contribution in [0.4, 0.5) is 0 Å². The van der Waals surface area contributed by atoms with Gasteiger partial charge < -0.3 is 13.8 Å². The molecule has 5 heteroatoms. The lowest BCUT2D eigenvalue weighted by Gasteiger charge is -2.45. The summed E-state index contributed by atoms with van der Waals surface area (Å²) in [5, 5.41) is -0.0753. The van der Waals surface area contributed by atoms with Gasteiger partial charge in [0.05, 0.1) is 5.22 Å². The smallest absolute Gasteiger partial charge is 0.215 e. The molecule has 0 amide bonds. The predicted molar refractivity (Wildman–Crippen MR) is 94.3 cm³/mol. The molecule has 0 spiro atoms. The van der Waals surface area contributed by atoms with E-state index in [0.717, 1.165) is 13.0 Å². The Kier molecular flexibility index (Phi) is 8.21. The van der Waals surface area contributed by atoms with E-state index in [2.05, 4.69) is 58.9 Å². The summed E-state index contributed by atoms with van der Waals surface area (Å²) < 4.78 is 12.5. The first kappa shape index (κ1) is 20.3. The van der Waals surface area contributed by atoms with Crippen molar-refractivity contribution in [1.29, 1.82) is 0 Å². The molecular weight excluding hydrogens is 282 g/mol. The van der Waals surface area contributed by atoms with Crippen molar-refractivity contribution in [3.63, 3.8) is 0 Å². The SMILES string of the molecule is CCN(C)CCC[Si](C)(C)OC(C)(CC)[Si](C)(C)OC. The van der Waals surface area contributed by atoms with E-state index in [9.17, 15) is 0 Å². The molecule has 0 N–H and O–H groups in total. The molecule has 122 valence electrons. The van der Waals surface area contributed by atoms with Crippen LogP contribution in [0.1, 0.15) is 33.6 Å². The molecule has 1 atom stereocenters. The van der Waals surface area contributed by atoms with Crippen LogP contribution >= 0.6 is 0 Å². The molecule has 0 aliphatic rings. The third-order valence-electron chi connectivity index (χ3n) is 4.82. The first-order valence-electron chi connectivity index (χ1n) is 7.97. The molecule has 0 saturated carbocycles. The Labute approximate surface area is 129 Å².